The first-order valence-electron chi connectivity index (χ1n) is 6.19. The lowest BCUT2D eigenvalue weighted by Crippen LogP contribution is -2.44. The van der Waals surface area contributed by atoms with Gasteiger partial charge in [-0.2, -0.15) is 0 Å². The molecule has 0 spiro atoms. The Morgan fingerprint density at radius 3 is 2.50 bits per heavy atom. The van der Waals surface area contributed by atoms with Gasteiger partial charge in [-0.3, -0.25) is 4.79 Å². The molecular weight excluding hydrogens is 198 g/mol. The van der Waals surface area contributed by atoms with Crippen LogP contribution in [-0.4, -0.2) is 23.4 Å². The lowest BCUT2D eigenvalue weighted by molar-refractivity contribution is 0.0580. The molecule has 1 amide bonds. The topological polar surface area (TPSA) is 20.3 Å². The van der Waals surface area contributed by atoms with E-state index in [4.69, 9.17) is 0 Å². The molecule has 1 fully saturated rings. The van der Waals surface area contributed by atoms with Crippen molar-refractivity contribution in [3.05, 3.63) is 35.9 Å². The van der Waals surface area contributed by atoms with Gasteiger partial charge in [0.2, 0.25) is 0 Å². The molecule has 0 N–H and O–H groups in total. The monoisotopic (exact) mass is 217 g/mol. The smallest absolute Gasteiger partial charge is 0.254 e. The lowest BCUT2D eigenvalue weighted by Gasteiger charge is -2.37. The third-order valence-corrected chi connectivity index (χ3v) is 3.26. The Labute approximate surface area is 97.3 Å². The van der Waals surface area contributed by atoms with Crippen LogP contribution in [0.15, 0.2) is 30.3 Å². The van der Waals surface area contributed by atoms with Crippen molar-refractivity contribution in [3.63, 3.8) is 0 Å². The van der Waals surface area contributed by atoms with Crippen molar-refractivity contribution in [1.29, 1.82) is 0 Å². The standard InChI is InChI=1S/C14H19NO/c1-2-11-15(13-9-6-10-13)14(16)12-7-4-3-5-8-12/h3-5,7-8,13H,2,6,9-11H2,1H3. The van der Waals surface area contributed by atoms with Crippen LogP contribution >= 0.6 is 0 Å². The minimum atomic E-state index is 0.201. The SMILES string of the molecule is CCCN(C(=O)c1ccccc1)C1CCC1. The number of hydrogen-bond donors (Lipinski definition) is 0. The summed E-state index contributed by atoms with van der Waals surface area (Å²) in [5.41, 5.74) is 0.822. The van der Waals surface area contributed by atoms with Gasteiger partial charge in [-0.25, -0.2) is 0 Å². The Kier molecular flexibility index (Phi) is 3.60. The van der Waals surface area contributed by atoms with Gasteiger partial charge < -0.3 is 4.90 Å². The Morgan fingerprint density at radius 2 is 2.00 bits per heavy atom. The van der Waals surface area contributed by atoms with E-state index in [-0.39, 0.29) is 5.91 Å². The molecule has 0 aromatic heterocycles. The zero-order valence-corrected chi connectivity index (χ0v) is 9.86. The van der Waals surface area contributed by atoms with E-state index in [1.807, 2.05) is 30.3 Å². The van der Waals surface area contributed by atoms with Crippen LogP contribution in [0.3, 0.4) is 0 Å². The second-order valence-electron chi connectivity index (χ2n) is 4.45. The minimum Gasteiger partial charge on any atom is -0.336 e. The highest BCUT2D eigenvalue weighted by molar-refractivity contribution is 5.94. The number of rotatable bonds is 4. The summed E-state index contributed by atoms with van der Waals surface area (Å²) in [6, 6.07) is 10.1. The van der Waals surface area contributed by atoms with Crippen molar-refractivity contribution >= 4 is 5.91 Å². The second kappa shape index (κ2) is 5.15. The van der Waals surface area contributed by atoms with Crippen molar-refractivity contribution in [1.82, 2.24) is 4.90 Å². The molecule has 1 aliphatic carbocycles. The Bertz CT molecular complexity index is 343. The van der Waals surface area contributed by atoms with Crippen LogP contribution < -0.4 is 0 Å². The average molecular weight is 217 g/mol. The summed E-state index contributed by atoms with van der Waals surface area (Å²) in [6.45, 7) is 3.02. The molecule has 2 heteroatoms. The van der Waals surface area contributed by atoms with Gasteiger partial charge in [0, 0.05) is 18.2 Å². The van der Waals surface area contributed by atoms with E-state index in [2.05, 4.69) is 11.8 Å². The number of carbonyl (C=O) groups excluding carboxylic acids is 1. The first-order valence-corrected chi connectivity index (χ1v) is 6.19. The molecule has 2 rings (SSSR count). The largest absolute Gasteiger partial charge is 0.336 e. The van der Waals surface area contributed by atoms with Crippen LogP contribution in [0, 0.1) is 0 Å². The quantitative estimate of drug-likeness (QED) is 0.759. The van der Waals surface area contributed by atoms with Gasteiger partial charge in [0.1, 0.15) is 0 Å². The average Bonchev–Trinajstić information content (AvgIpc) is 2.26. The Hall–Kier alpha value is -1.31. The first-order chi connectivity index (χ1) is 7.83. The van der Waals surface area contributed by atoms with E-state index in [1.165, 1.54) is 19.3 Å². The molecular formula is C14H19NO. The maximum Gasteiger partial charge on any atom is 0.254 e. The Morgan fingerprint density at radius 1 is 1.31 bits per heavy atom. The molecule has 0 aliphatic heterocycles. The molecule has 1 saturated carbocycles. The summed E-state index contributed by atoms with van der Waals surface area (Å²) < 4.78 is 0. The molecule has 86 valence electrons. The van der Waals surface area contributed by atoms with Crippen LogP contribution in [0.4, 0.5) is 0 Å². The second-order valence-corrected chi connectivity index (χ2v) is 4.45. The van der Waals surface area contributed by atoms with Gasteiger partial charge in [-0.1, -0.05) is 25.1 Å². The predicted octanol–water partition coefficient (Wildman–Crippen LogP) is 3.09. The summed E-state index contributed by atoms with van der Waals surface area (Å²) in [4.78, 5) is 14.3. The van der Waals surface area contributed by atoms with Crippen LogP contribution in [0.1, 0.15) is 43.0 Å². The van der Waals surface area contributed by atoms with Crippen molar-refractivity contribution in [2.75, 3.05) is 6.54 Å². The fourth-order valence-electron chi connectivity index (χ4n) is 2.14. The van der Waals surface area contributed by atoms with Gasteiger partial charge in [-0.05, 0) is 37.8 Å². The molecule has 0 saturated heterocycles. The van der Waals surface area contributed by atoms with Crippen LogP contribution in [0.2, 0.25) is 0 Å². The molecule has 1 aromatic carbocycles. The highest BCUT2D eigenvalue weighted by Crippen LogP contribution is 2.26. The van der Waals surface area contributed by atoms with E-state index in [1.54, 1.807) is 0 Å². The number of amides is 1. The molecule has 1 aliphatic rings. The molecule has 0 unspecified atom stereocenters. The highest BCUT2D eigenvalue weighted by Gasteiger charge is 2.28. The van der Waals surface area contributed by atoms with E-state index in [9.17, 15) is 4.79 Å². The van der Waals surface area contributed by atoms with Crippen molar-refractivity contribution in [3.8, 4) is 0 Å². The fraction of sp³-hybridized carbons (Fsp3) is 0.500. The van der Waals surface area contributed by atoms with E-state index < -0.39 is 0 Å². The lowest BCUT2D eigenvalue weighted by atomic mass is 9.91. The summed E-state index contributed by atoms with van der Waals surface area (Å²) in [5.74, 6) is 0.201. The highest BCUT2D eigenvalue weighted by atomic mass is 16.2. The molecule has 16 heavy (non-hydrogen) atoms. The van der Waals surface area contributed by atoms with Crippen molar-refractivity contribution in [2.24, 2.45) is 0 Å². The maximum absolute atomic E-state index is 12.3. The van der Waals surface area contributed by atoms with Gasteiger partial charge >= 0.3 is 0 Å². The predicted molar refractivity (Wildman–Crippen MR) is 65.4 cm³/mol. The zero-order valence-electron chi connectivity index (χ0n) is 9.86. The molecule has 0 bridgehead atoms. The third kappa shape index (κ3) is 2.26. The third-order valence-electron chi connectivity index (χ3n) is 3.26. The number of benzene rings is 1. The van der Waals surface area contributed by atoms with E-state index >= 15 is 0 Å². The Balaban J connectivity index is 2.10. The number of carbonyl (C=O) groups is 1. The normalized spacial score (nSPS) is 15.6. The number of nitrogens with zero attached hydrogens (tertiary/aromatic N) is 1. The first kappa shape index (κ1) is 11.2. The van der Waals surface area contributed by atoms with Crippen molar-refractivity contribution < 1.29 is 4.79 Å². The van der Waals surface area contributed by atoms with E-state index in [0.717, 1.165) is 18.5 Å². The molecule has 0 heterocycles. The van der Waals surface area contributed by atoms with Gasteiger partial charge in [-0.15, -0.1) is 0 Å². The van der Waals surface area contributed by atoms with Gasteiger partial charge in [0.15, 0.2) is 0 Å². The summed E-state index contributed by atoms with van der Waals surface area (Å²) in [6.07, 6.45) is 4.67. The van der Waals surface area contributed by atoms with Crippen LogP contribution in [0.5, 0.6) is 0 Å². The number of hydrogen-bond acceptors (Lipinski definition) is 1. The minimum absolute atomic E-state index is 0.201. The zero-order chi connectivity index (χ0) is 11.4. The fourth-order valence-corrected chi connectivity index (χ4v) is 2.14. The van der Waals surface area contributed by atoms with Crippen LogP contribution in [-0.2, 0) is 0 Å². The molecule has 0 radical (unpaired) electrons. The van der Waals surface area contributed by atoms with Gasteiger partial charge in [0.25, 0.3) is 5.91 Å². The molecule has 1 aromatic rings. The summed E-state index contributed by atoms with van der Waals surface area (Å²) in [7, 11) is 0. The molecule has 2 nitrogen and oxygen atoms in total. The summed E-state index contributed by atoms with van der Waals surface area (Å²) in [5, 5.41) is 0. The van der Waals surface area contributed by atoms with Gasteiger partial charge in [0.05, 0.1) is 0 Å². The maximum atomic E-state index is 12.3. The molecule has 0 atom stereocenters. The van der Waals surface area contributed by atoms with Crippen molar-refractivity contribution in [2.45, 2.75) is 38.6 Å². The summed E-state index contributed by atoms with van der Waals surface area (Å²) >= 11 is 0. The van der Waals surface area contributed by atoms with Crippen LogP contribution in [0.25, 0.3) is 0 Å². The van der Waals surface area contributed by atoms with E-state index in [0.29, 0.717) is 6.04 Å².